The molecule has 30 heavy (non-hydrogen) atoms. The molecule has 0 unspecified atom stereocenters. The minimum Gasteiger partial charge on any atom is -0.359 e. The molecule has 6 heteroatoms. The summed E-state index contributed by atoms with van der Waals surface area (Å²) in [5.74, 6) is 2.90. The summed E-state index contributed by atoms with van der Waals surface area (Å²) in [6.45, 7) is 6.04. The molecule has 5 rings (SSSR count). The molecule has 0 bridgehead atoms. The van der Waals surface area contributed by atoms with Gasteiger partial charge >= 0.3 is 0 Å². The molecule has 0 N–H and O–H groups in total. The Kier molecular flexibility index (Phi) is 5.69. The normalized spacial score (nSPS) is 26.4. The van der Waals surface area contributed by atoms with E-state index in [0.29, 0.717) is 17.9 Å². The van der Waals surface area contributed by atoms with Crippen LogP contribution in [-0.2, 0) is 11.2 Å². The first-order chi connectivity index (χ1) is 14.6. The minimum atomic E-state index is 0.153. The van der Waals surface area contributed by atoms with Crippen LogP contribution >= 0.6 is 0 Å². The topological polar surface area (TPSA) is 52.6 Å². The first-order valence-electron chi connectivity index (χ1n) is 12.2. The molecule has 3 fully saturated rings. The fourth-order valence-electron chi connectivity index (χ4n) is 6.08. The van der Waals surface area contributed by atoms with E-state index >= 15 is 0 Å². The highest BCUT2D eigenvalue weighted by Crippen LogP contribution is 2.34. The minimum absolute atomic E-state index is 0.153. The largest absolute Gasteiger partial charge is 0.359 e. The second kappa shape index (κ2) is 8.45. The molecule has 1 aromatic heterocycles. The van der Waals surface area contributed by atoms with Crippen LogP contribution in [0.1, 0.15) is 80.8 Å². The highest BCUT2D eigenvalue weighted by molar-refractivity contribution is 5.83. The van der Waals surface area contributed by atoms with Gasteiger partial charge in [0.15, 0.2) is 0 Å². The van der Waals surface area contributed by atoms with Crippen molar-refractivity contribution in [3.05, 3.63) is 17.1 Å². The molecule has 3 aliphatic heterocycles. The molecule has 4 heterocycles. The quantitative estimate of drug-likeness (QED) is 0.764. The zero-order chi connectivity index (χ0) is 20.7. The van der Waals surface area contributed by atoms with E-state index in [9.17, 15) is 4.79 Å². The van der Waals surface area contributed by atoms with Crippen LogP contribution in [0.25, 0.3) is 0 Å². The molecule has 4 aliphatic rings. The zero-order valence-corrected chi connectivity index (χ0v) is 18.8. The predicted molar refractivity (Wildman–Crippen MR) is 119 cm³/mol. The van der Waals surface area contributed by atoms with E-state index < -0.39 is 0 Å². The summed E-state index contributed by atoms with van der Waals surface area (Å²) >= 11 is 0. The Morgan fingerprint density at radius 3 is 2.37 bits per heavy atom. The molecule has 1 aliphatic carbocycles. The van der Waals surface area contributed by atoms with E-state index in [1.165, 1.54) is 44.1 Å². The smallest absolute Gasteiger partial charge is 0.239 e. The number of rotatable bonds is 3. The van der Waals surface area contributed by atoms with Crippen LogP contribution in [0.3, 0.4) is 0 Å². The van der Waals surface area contributed by atoms with Crippen LogP contribution in [0.15, 0.2) is 0 Å². The zero-order valence-electron chi connectivity index (χ0n) is 18.8. The van der Waals surface area contributed by atoms with Gasteiger partial charge in [-0.1, -0.05) is 19.3 Å². The lowest BCUT2D eigenvalue weighted by atomic mass is 9.88. The average molecular weight is 412 g/mol. The third-order valence-corrected chi connectivity index (χ3v) is 8.05. The number of carbonyl (C=O) groups excluding carboxylic acids is 1. The van der Waals surface area contributed by atoms with Gasteiger partial charge < -0.3 is 9.80 Å². The molecular formula is C24H37N5O. The van der Waals surface area contributed by atoms with Gasteiger partial charge in [-0.2, -0.15) is 0 Å². The van der Waals surface area contributed by atoms with Gasteiger partial charge in [-0.25, -0.2) is 9.97 Å². The summed E-state index contributed by atoms with van der Waals surface area (Å²) in [4.78, 5) is 30.0. The third-order valence-electron chi connectivity index (χ3n) is 8.05. The Morgan fingerprint density at radius 2 is 1.67 bits per heavy atom. The molecule has 1 atom stereocenters. The Labute approximate surface area is 181 Å². The van der Waals surface area contributed by atoms with Gasteiger partial charge in [0, 0.05) is 56.4 Å². The van der Waals surface area contributed by atoms with Gasteiger partial charge in [0.2, 0.25) is 5.91 Å². The van der Waals surface area contributed by atoms with Crippen LogP contribution in [-0.4, -0.2) is 71.0 Å². The molecule has 0 spiro atoms. The number of anilines is 1. The Bertz CT molecular complexity index is 782. The third kappa shape index (κ3) is 3.72. The lowest BCUT2D eigenvalue weighted by Gasteiger charge is -2.48. The number of nitrogens with zero attached hydrogens (tertiary/aromatic N) is 5. The monoisotopic (exact) mass is 411 g/mol. The highest BCUT2D eigenvalue weighted by Gasteiger charge is 2.41. The molecule has 2 saturated heterocycles. The van der Waals surface area contributed by atoms with Gasteiger partial charge in [-0.15, -0.1) is 0 Å². The standard InChI is InChI=1S/C24H37N5O/c1-17-20-9-6-13-27(2)23(20)26-22(25-17)18-10-14-28(15-11-18)24(30)21-12-16-29(21)19-7-4-3-5-8-19/h18-19,21H,3-16H2,1-2H3/t21-/m0/s1. The van der Waals surface area contributed by atoms with Crippen molar-refractivity contribution in [1.82, 2.24) is 19.8 Å². The molecule has 164 valence electrons. The second-order valence-electron chi connectivity index (χ2n) is 9.93. The van der Waals surface area contributed by atoms with Crippen LogP contribution in [0.2, 0.25) is 0 Å². The van der Waals surface area contributed by atoms with Crippen LogP contribution in [0.5, 0.6) is 0 Å². The number of aryl methyl sites for hydroxylation is 1. The van der Waals surface area contributed by atoms with Crippen LogP contribution < -0.4 is 4.90 Å². The summed E-state index contributed by atoms with van der Waals surface area (Å²) in [5, 5.41) is 0. The van der Waals surface area contributed by atoms with Crippen molar-refractivity contribution in [3.63, 3.8) is 0 Å². The number of aromatic nitrogens is 2. The summed E-state index contributed by atoms with van der Waals surface area (Å²) < 4.78 is 0. The van der Waals surface area contributed by atoms with Crippen molar-refractivity contribution in [3.8, 4) is 0 Å². The fourth-order valence-corrected chi connectivity index (χ4v) is 6.08. The molecule has 6 nitrogen and oxygen atoms in total. The summed E-state index contributed by atoms with van der Waals surface area (Å²) in [6, 6.07) is 0.809. The van der Waals surface area contributed by atoms with Crippen molar-refractivity contribution in [1.29, 1.82) is 0 Å². The van der Waals surface area contributed by atoms with E-state index in [-0.39, 0.29) is 6.04 Å². The number of hydrogen-bond donors (Lipinski definition) is 0. The first kappa shape index (κ1) is 20.2. The second-order valence-corrected chi connectivity index (χ2v) is 9.93. The molecule has 0 aromatic carbocycles. The molecular weight excluding hydrogens is 374 g/mol. The van der Waals surface area contributed by atoms with Crippen molar-refractivity contribution in [2.75, 3.05) is 38.1 Å². The van der Waals surface area contributed by atoms with Gasteiger partial charge in [0.25, 0.3) is 0 Å². The number of carbonyl (C=O) groups is 1. The number of fused-ring (bicyclic) bond motifs is 1. The average Bonchev–Trinajstić information content (AvgIpc) is 2.74. The number of piperidine rings is 1. The predicted octanol–water partition coefficient (Wildman–Crippen LogP) is 3.28. The van der Waals surface area contributed by atoms with Gasteiger partial charge in [-0.3, -0.25) is 9.69 Å². The SMILES string of the molecule is Cc1nc(C2CCN(C(=O)[C@@H]3CCN3C3CCCCC3)CC2)nc2c1CCCN2C. The summed E-state index contributed by atoms with van der Waals surface area (Å²) in [5.41, 5.74) is 2.48. The summed E-state index contributed by atoms with van der Waals surface area (Å²) in [6.07, 6.45) is 11.9. The summed E-state index contributed by atoms with van der Waals surface area (Å²) in [7, 11) is 2.15. The number of hydrogen-bond acceptors (Lipinski definition) is 5. The lowest BCUT2D eigenvalue weighted by Crippen LogP contribution is -2.61. The van der Waals surface area contributed by atoms with Gasteiger partial charge in [0.1, 0.15) is 11.6 Å². The van der Waals surface area contributed by atoms with E-state index in [4.69, 9.17) is 9.97 Å². The fraction of sp³-hybridized carbons (Fsp3) is 0.792. The number of likely N-dealkylation sites (tertiary alicyclic amines) is 2. The van der Waals surface area contributed by atoms with E-state index in [1.807, 2.05) is 0 Å². The molecule has 0 radical (unpaired) electrons. The van der Waals surface area contributed by atoms with Crippen molar-refractivity contribution in [2.24, 2.45) is 0 Å². The van der Waals surface area contributed by atoms with E-state index in [0.717, 1.165) is 69.2 Å². The Balaban J connectivity index is 1.21. The number of amides is 1. The van der Waals surface area contributed by atoms with Gasteiger partial charge in [-0.05, 0) is 51.9 Å². The maximum atomic E-state index is 13.2. The van der Waals surface area contributed by atoms with Crippen molar-refractivity contribution < 1.29 is 4.79 Å². The van der Waals surface area contributed by atoms with Crippen LogP contribution in [0.4, 0.5) is 5.82 Å². The molecule has 1 aromatic rings. The van der Waals surface area contributed by atoms with Crippen LogP contribution in [0, 0.1) is 6.92 Å². The molecule has 1 amide bonds. The van der Waals surface area contributed by atoms with Gasteiger partial charge in [0.05, 0.1) is 6.04 Å². The van der Waals surface area contributed by atoms with Crippen molar-refractivity contribution >= 4 is 11.7 Å². The Hall–Kier alpha value is -1.69. The molecule has 1 saturated carbocycles. The lowest BCUT2D eigenvalue weighted by molar-refractivity contribution is -0.145. The first-order valence-corrected chi connectivity index (χ1v) is 12.2. The van der Waals surface area contributed by atoms with E-state index in [1.54, 1.807) is 0 Å². The maximum Gasteiger partial charge on any atom is 0.239 e. The van der Waals surface area contributed by atoms with Crippen molar-refractivity contribution in [2.45, 2.75) is 89.1 Å². The van der Waals surface area contributed by atoms with E-state index in [2.05, 4.69) is 28.7 Å². The Morgan fingerprint density at radius 1 is 0.900 bits per heavy atom. The highest BCUT2D eigenvalue weighted by atomic mass is 16.2. The maximum absolute atomic E-state index is 13.2.